The first-order valence-electron chi connectivity index (χ1n) is 4.09. The van der Waals surface area contributed by atoms with Crippen LogP contribution in [0, 0.1) is 3.57 Å². The van der Waals surface area contributed by atoms with E-state index in [-0.39, 0.29) is 12.1 Å². The number of aromatic nitrogens is 2. The quantitative estimate of drug-likeness (QED) is 0.863. The van der Waals surface area contributed by atoms with E-state index in [1.165, 1.54) is 0 Å². The molecule has 5 heteroatoms. The molecule has 1 heterocycles. The van der Waals surface area contributed by atoms with Crippen molar-refractivity contribution in [3.8, 4) is 0 Å². The molecule has 4 nitrogen and oxygen atoms in total. The molecule has 0 aromatic carbocycles. The zero-order valence-corrected chi connectivity index (χ0v) is 10.1. The van der Waals surface area contributed by atoms with E-state index < -0.39 is 0 Å². The second-order valence-corrected chi connectivity index (χ2v) is 4.17. The third kappa shape index (κ3) is 2.14. The molecule has 1 aromatic heterocycles. The maximum absolute atomic E-state index is 5.83. The Morgan fingerprint density at radius 2 is 2.23 bits per heavy atom. The van der Waals surface area contributed by atoms with Gasteiger partial charge in [-0.05, 0) is 36.4 Å². The van der Waals surface area contributed by atoms with E-state index in [2.05, 4.69) is 27.7 Å². The van der Waals surface area contributed by atoms with E-state index in [1.807, 2.05) is 13.8 Å². The van der Waals surface area contributed by atoms with Gasteiger partial charge in [-0.3, -0.25) is 0 Å². The Morgan fingerprint density at radius 3 is 2.62 bits per heavy atom. The van der Waals surface area contributed by atoms with Gasteiger partial charge in [0.15, 0.2) is 0 Å². The molecule has 1 rings (SSSR count). The van der Waals surface area contributed by atoms with Crippen molar-refractivity contribution in [2.45, 2.75) is 26.0 Å². The summed E-state index contributed by atoms with van der Waals surface area (Å²) in [6.45, 7) is 4.03. The molecule has 2 unspecified atom stereocenters. The molecule has 0 bridgehead atoms. The summed E-state index contributed by atoms with van der Waals surface area (Å²) in [7, 11) is 1.69. The molecule has 0 aliphatic heterocycles. The van der Waals surface area contributed by atoms with Crippen LogP contribution in [0.4, 0.5) is 5.82 Å². The molecule has 0 aliphatic rings. The topological polar surface area (TPSA) is 53.1 Å². The minimum absolute atomic E-state index is 0.109. The lowest BCUT2D eigenvalue weighted by Crippen LogP contribution is -2.22. The lowest BCUT2D eigenvalue weighted by molar-refractivity contribution is 0.0741. The second kappa shape index (κ2) is 4.28. The fourth-order valence-electron chi connectivity index (χ4n) is 1.07. The molecular formula is C8H14IN3O. The first kappa shape index (κ1) is 10.8. The predicted molar refractivity (Wildman–Crippen MR) is 60.5 cm³/mol. The Labute approximate surface area is 91.6 Å². The van der Waals surface area contributed by atoms with Gasteiger partial charge in [0.1, 0.15) is 5.82 Å². The van der Waals surface area contributed by atoms with Gasteiger partial charge >= 0.3 is 0 Å². The summed E-state index contributed by atoms with van der Waals surface area (Å²) in [5.41, 5.74) is 5.83. The molecule has 0 spiro atoms. The summed E-state index contributed by atoms with van der Waals surface area (Å²) in [5, 5.41) is 4.19. The van der Waals surface area contributed by atoms with E-state index in [9.17, 15) is 0 Å². The van der Waals surface area contributed by atoms with Crippen LogP contribution in [0.5, 0.6) is 0 Å². The lowest BCUT2D eigenvalue weighted by atomic mass is 10.2. The zero-order valence-electron chi connectivity index (χ0n) is 7.99. The Bertz CT molecular complexity index is 287. The Kier molecular flexibility index (Phi) is 3.55. The number of hydrogen-bond acceptors (Lipinski definition) is 3. The van der Waals surface area contributed by atoms with Crippen LogP contribution in [0.1, 0.15) is 19.9 Å². The maximum Gasteiger partial charge on any atom is 0.135 e. The second-order valence-electron chi connectivity index (χ2n) is 3.00. The molecule has 74 valence electrons. The number of halogens is 1. The van der Waals surface area contributed by atoms with Gasteiger partial charge in [-0.1, -0.05) is 0 Å². The number of anilines is 1. The van der Waals surface area contributed by atoms with E-state index in [0.717, 1.165) is 3.57 Å². The number of ether oxygens (including phenoxy) is 1. The Balaban J connectivity index is 2.88. The van der Waals surface area contributed by atoms with Crippen molar-refractivity contribution in [1.82, 2.24) is 9.78 Å². The minimum Gasteiger partial charge on any atom is -0.383 e. The highest BCUT2D eigenvalue weighted by atomic mass is 127. The van der Waals surface area contributed by atoms with Crippen LogP contribution in [0.3, 0.4) is 0 Å². The van der Waals surface area contributed by atoms with Gasteiger partial charge in [0.25, 0.3) is 0 Å². The molecule has 0 saturated carbocycles. The average Bonchev–Trinajstić information content (AvgIpc) is 2.45. The third-order valence-corrected chi connectivity index (χ3v) is 3.06. The van der Waals surface area contributed by atoms with Crippen molar-refractivity contribution in [3.63, 3.8) is 0 Å². The fraction of sp³-hybridized carbons (Fsp3) is 0.625. The van der Waals surface area contributed by atoms with Crippen LogP contribution in [0.2, 0.25) is 0 Å². The average molecular weight is 295 g/mol. The first-order chi connectivity index (χ1) is 6.07. The summed E-state index contributed by atoms with van der Waals surface area (Å²) in [4.78, 5) is 0. The van der Waals surface area contributed by atoms with Gasteiger partial charge in [-0.25, -0.2) is 4.68 Å². The summed E-state index contributed by atoms with van der Waals surface area (Å²) < 4.78 is 7.98. The van der Waals surface area contributed by atoms with Crippen LogP contribution in [-0.2, 0) is 4.74 Å². The molecule has 0 fully saturated rings. The highest BCUT2D eigenvalue weighted by Crippen LogP contribution is 2.20. The molecule has 0 radical (unpaired) electrons. The van der Waals surface area contributed by atoms with E-state index in [1.54, 1.807) is 18.0 Å². The van der Waals surface area contributed by atoms with E-state index >= 15 is 0 Å². The summed E-state index contributed by atoms with van der Waals surface area (Å²) in [6, 6.07) is 0.161. The van der Waals surface area contributed by atoms with Crippen molar-refractivity contribution in [3.05, 3.63) is 9.77 Å². The molecule has 2 atom stereocenters. The van der Waals surface area contributed by atoms with Gasteiger partial charge in [0, 0.05) is 7.11 Å². The standard InChI is InChI=1S/C8H14IN3O/c1-5(6(2)13-3)12-8(10)7(9)4-11-12/h4-6H,10H2,1-3H3. The van der Waals surface area contributed by atoms with Crippen LogP contribution in [0.15, 0.2) is 6.20 Å². The molecule has 2 N–H and O–H groups in total. The van der Waals surface area contributed by atoms with Gasteiger partial charge < -0.3 is 10.5 Å². The number of rotatable bonds is 3. The van der Waals surface area contributed by atoms with Crippen molar-refractivity contribution >= 4 is 28.4 Å². The molecule has 0 saturated heterocycles. The fourth-order valence-corrected chi connectivity index (χ4v) is 1.44. The van der Waals surface area contributed by atoms with Gasteiger partial charge in [0.2, 0.25) is 0 Å². The van der Waals surface area contributed by atoms with Gasteiger partial charge in [-0.2, -0.15) is 5.10 Å². The molecular weight excluding hydrogens is 281 g/mol. The predicted octanol–water partition coefficient (Wildman–Crippen LogP) is 1.67. The van der Waals surface area contributed by atoms with Crippen molar-refractivity contribution < 1.29 is 4.74 Å². The molecule has 13 heavy (non-hydrogen) atoms. The summed E-state index contributed by atoms with van der Waals surface area (Å²) in [6.07, 6.45) is 1.87. The smallest absolute Gasteiger partial charge is 0.135 e. The van der Waals surface area contributed by atoms with Crippen molar-refractivity contribution in [2.75, 3.05) is 12.8 Å². The molecule has 1 aromatic rings. The molecule has 0 amide bonds. The third-order valence-electron chi connectivity index (χ3n) is 2.22. The zero-order chi connectivity index (χ0) is 10.0. The van der Waals surface area contributed by atoms with Crippen LogP contribution in [0.25, 0.3) is 0 Å². The van der Waals surface area contributed by atoms with Crippen molar-refractivity contribution in [2.24, 2.45) is 0 Å². The van der Waals surface area contributed by atoms with Gasteiger partial charge in [-0.15, -0.1) is 0 Å². The first-order valence-corrected chi connectivity index (χ1v) is 5.17. The summed E-state index contributed by atoms with van der Waals surface area (Å²) in [5.74, 6) is 0.706. The minimum atomic E-state index is 0.109. The number of nitrogen functional groups attached to an aromatic ring is 1. The summed E-state index contributed by atoms with van der Waals surface area (Å²) >= 11 is 2.16. The normalized spacial score (nSPS) is 15.7. The van der Waals surface area contributed by atoms with Crippen LogP contribution < -0.4 is 5.73 Å². The maximum atomic E-state index is 5.83. The number of nitrogens with zero attached hydrogens (tertiary/aromatic N) is 2. The van der Waals surface area contributed by atoms with E-state index in [0.29, 0.717) is 5.82 Å². The van der Waals surface area contributed by atoms with Crippen LogP contribution in [-0.4, -0.2) is 23.0 Å². The van der Waals surface area contributed by atoms with Crippen molar-refractivity contribution in [1.29, 1.82) is 0 Å². The Morgan fingerprint density at radius 1 is 1.62 bits per heavy atom. The molecule has 0 aliphatic carbocycles. The monoisotopic (exact) mass is 295 g/mol. The lowest BCUT2D eigenvalue weighted by Gasteiger charge is -2.19. The highest BCUT2D eigenvalue weighted by molar-refractivity contribution is 14.1. The number of nitrogens with two attached hydrogens (primary N) is 1. The Hall–Kier alpha value is -0.300. The highest BCUT2D eigenvalue weighted by Gasteiger charge is 2.17. The van der Waals surface area contributed by atoms with Gasteiger partial charge in [0.05, 0.1) is 21.9 Å². The SMILES string of the molecule is COC(C)C(C)n1ncc(I)c1N. The van der Waals surface area contributed by atoms with Crippen LogP contribution >= 0.6 is 22.6 Å². The number of hydrogen-bond donors (Lipinski definition) is 1. The number of methoxy groups -OCH3 is 1. The largest absolute Gasteiger partial charge is 0.383 e. The van der Waals surface area contributed by atoms with E-state index in [4.69, 9.17) is 10.5 Å².